The van der Waals surface area contributed by atoms with Gasteiger partial charge in [0.15, 0.2) is 11.3 Å². The Balaban J connectivity index is 1.90. The van der Waals surface area contributed by atoms with Gasteiger partial charge in [0.1, 0.15) is 17.2 Å². The number of methoxy groups -OCH3 is 1. The third kappa shape index (κ3) is 3.98. The molecule has 0 aliphatic heterocycles. The molecule has 0 spiro atoms. The van der Waals surface area contributed by atoms with E-state index in [4.69, 9.17) is 9.15 Å². The summed E-state index contributed by atoms with van der Waals surface area (Å²) in [4.78, 5) is 21.4. The summed E-state index contributed by atoms with van der Waals surface area (Å²) >= 11 is 0. The maximum Gasteiger partial charge on any atom is 0.262 e. The van der Waals surface area contributed by atoms with Crippen molar-refractivity contribution >= 4 is 28.4 Å². The van der Waals surface area contributed by atoms with E-state index >= 15 is 0 Å². The molecule has 0 unspecified atom stereocenters. The van der Waals surface area contributed by atoms with E-state index < -0.39 is 11.7 Å². The molecule has 2 aromatic heterocycles. The zero-order valence-electron chi connectivity index (χ0n) is 15.4. The summed E-state index contributed by atoms with van der Waals surface area (Å²) in [5, 5.41) is 3.37. The molecule has 29 heavy (non-hydrogen) atoms. The lowest BCUT2D eigenvalue weighted by atomic mass is 10.1. The first kappa shape index (κ1) is 18.4. The van der Waals surface area contributed by atoms with Gasteiger partial charge in [0.05, 0.1) is 12.8 Å². The number of carbonyl (C=O) groups is 1. The van der Waals surface area contributed by atoms with Crippen molar-refractivity contribution in [3.8, 4) is 5.75 Å². The number of carbonyl (C=O) groups excluding carboxylic acids is 1. The molecule has 0 saturated heterocycles. The molecule has 6 nitrogen and oxygen atoms in total. The van der Waals surface area contributed by atoms with E-state index in [2.05, 4.69) is 15.3 Å². The molecule has 0 atom stereocenters. The molecule has 144 valence electrons. The Labute approximate surface area is 165 Å². The highest BCUT2D eigenvalue weighted by Crippen LogP contribution is 2.25. The Morgan fingerprint density at radius 1 is 1.10 bits per heavy atom. The van der Waals surface area contributed by atoms with Crippen molar-refractivity contribution in [2.45, 2.75) is 0 Å². The molecule has 2 aromatic carbocycles. The fraction of sp³-hybridized carbons (Fsp3) is 0.0455. The van der Waals surface area contributed by atoms with E-state index in [1.165, 1.54) is 25.3 Å². The second-order valence-electron chi connectivity index (χ2n) is 6.10. The molecule has 7 heteroatoms. The van der Waals surface area contributed by atoms with Crippen LogP contribution in [0.3, 0.4) is 0 Å². The fourth-order valence-electron chi connectivity index (χ4n) is 2.81. The van der Waals surface area contributed by atoms with Gasteiger partial charge in [0.25, 0.3) is 5.91 Å². The van der Waals surface area contributed by atoms with Crippen molar-refractivity contribution in [1.29, 1.82) is 0 Å². The van der Waals surface area contributed by atoms with Gasteiger partial charge < -0.3 is 14.5 Å². The van der Waals surface area contributed by atoms with Gasteiger partial charge in [0, 0.05) is 11.6 Å². The van der Waals surface area contributed by atoms with Gasteiger partial charge in [-0.25, -0.2) is 14.4 Å². The molecule has 2 heterocycles. The van der Waals surface area contributed by atoms with Crippen LogP contribution in [0.1, 0.15) is 10.4 Å². The number of nitrogens with one attached hydrogen (secondary N) is 1. The predicted molar refractivity (Wildman–Crippen MR) is 107 cm³/mol. The normalized spacial score (nSPS) is 11.4. The number of ether oxygens (including phenoxy) is 1. The van der Waals surface area contributed by atoms with Gasteiger partial charge in [-0.15, -0.1) is 0 Å². The van der Waals surface area contributed by atoms with Crippen molar-refractivity contribution < 1.29 is 18.3 Å². The lowest BCUT2D eigenvalue weighted by molar-refractivity contribution is 0.102. The van der Waals surface area contributed by atoms with E-state index in [9.17, 15) is 9.18 Å². The molecular formula is C22H16FN3O3. The van der Waals surface area contributed by atoms with Gasteiger partial charge in [-0.2, -0.15) is 0 Å². The molecule has 0 saturated carbocycles. The van der Waals surface area contributed by atoms with Crippen molar-refractivity contribution in [2.75, 3.05) is 12.4 Å². The second kappa shape index (κ2) is 7.93. The highest BCUT2D eigenvalue weighted by molar-refractivity contribution is 6.05. The second-order valence-corrected chi connectivity index (χ2v) is 6.10. The first-order chi connectivity index (χ1) is 14.1. The molecule has 1 amide bonds. The van der Waals surface area contributed by atoms with Crippen LogP contribution in [0.5, 0.6) is 5.75 Å². The number of amides is 1. The molecule has 0 fully saturated rings. The lowest BCUT2D eigenvalue weighted by Crippen LogP contribution is -2.22. The molecule has 4 aromatic rings. The predicted octanol–water partition coefficient (Wildman–Crippen LogP) is 4.46. The summed E-state index contributed by atoms with van der Waals surface area (Å²) in [7, 11) is 1.52. The van der Waals surface area contributed by atoms with E-state index in [-0.39, 0.29) is 11.1 Å². The molecular weight excluding hydrogens is 373 g/mol. The highest BCUT2D eigenvalue weighted by atomic mass is 19.1. The number of anilines is 1. The number of nitrogens with zero attached hydrogens (tertiary/aromatic N) is 2. The smallest absolute Gasteiger partial charge is 0.262 e. The molecule has 0 radical (unpaired) electrons. The van der Waals surface area contributed by atoms with Crippen LogP contribution in [0, 0.1) is 5.82 Å². The summed E-state index contributed by atoms with van der Waals surface area (Å²) in [6.07, 6.45) is 1.57. The topological polar surface area (TPSA) is 76.7 Å². The molecule has 1 N–H and O–H groups in total. The quantitative estimate of drug-likeness (QED) is 0.559. The number of hydrogen-bond acceptors (Lipinski definition) is 5. The number of aromatic nitrogens is 1. The minimum absolute atomic E-state index is 0.0287. The number of halogens is 1. The van der Waals surface area contributed by atoms with Crippen molar-refractivity contribution in [3.63, 3.8) is 0 Å². The zero-order chi connectivity index (χ0) is 20.2. The Morgan fingerprint density at radius 2 is 1.97 bits per heavy atom. The van der Waals surface area contributed by atoms with Gasteiger partial charge >= 0.3 is 0 Å². The summed E-state index contributed by atoms with van der Waals surface area (Å²) in [6.45, 7) is 0. The van der Waals surface area contributed by atoms with Crippen LogP contribution in [-0.2, 0) is 0 Å². The van der Waals surface area contributed by atoms with Crippen LogP contribution >= 0.6 is 0 Å². The van der Waals surface area contributed by atoms with Gasteiger partial charge in [-0.1, -0.05) is 24.3 Å². The number of para-hydroxylation sites is 1. The highest BCUT2D eigenvalue weighted by Gasteiger charge is 2.15. The Hall–Kier alpha value is -4.00. The SMILES string of the molecule is COc1cccc2cc(C(=O)Nc3ccccn3)c(=Nc3cccc(F)c3)oc12. The number of pyridine rings is 1. The van der Waals surface area contributed by atoms with E-state index in [1.807, 2.05) is 0 Å². The molecule has 0 aliphatic carbocycles. The summed E-state index contributed by atoms with van der Waals surface area (Å²) in [6, 6.07) is 17.9. The average Bonchev–Trinajstić information content (AvgIpc) is 2.73. The van der Waals surface area contributed by atoms with E-state index in [0.29, 0.717) is 28.2 Å². The maximum absolute atomic E-state index is 13.6. The first-order valence-electron chi connectivity index (χ1n) is 8.77. The van der Waals surface area contributed by atoms with Gasteiger partial charge in [-0.3, -0.25) is 4.79 Å². The summed E-state index contributed by atoms with van der Waals surface area (Å²) < 4.78 is 24.9. The fourth-order valence-corrected chi connectivity index (χ4v) is 2.81. The standard InChI is InChI=1S/C22H16FN3O3/c1-28-18-9-4-6-14-12-17(21(27)26-19-10-2-3-11-24-19)22(29-20(14)18)25-16-8-5-7-15(23)13-16/h2-13H,1H3,(H,24,26,27). The Bertz CT molecular complexity index is 1250. The molecule has 0 aliphatic rings. The van der Waals surface area contributed by atoms with Crippen molar-refractivity contribution in [2.24, 2.45) is 4.99 Å². The summed E-state index contributed by atoms with van der Waals surface area (Å²) in [5.41, 5.74) is 0.955. The number of fused-ring (bicyclic) bond motifs is 1. The Morgan fingerprint density at radius 3 is 2.72 bits per heavy atom. The summed E-state index contributed by atoms with van der Waals surface area (Å²) in [5.74, 6) is -0.00810. The van der Waals surface area contributed by atoms with Gasteiger partial charge in [-0.05, 0) is 42.5 Å². The van der Waals surface area contributed by atoms with Crippen LogP contribution in [-0.4, -0.2) is 18.0 Å². The van der Waals surface area contributed by atoms with Crippen LogP contribution < -0.4 is 15.6 Å². The largest absolute Gasteiger partial charge is 0.493 e. The lowest BCUT2D eigenvalue weighted by Gasteiger charge is -2.08. The van der Waals surface area contributed by atoms with E-state index in [1.54, 1.807) is 54.7 Å². The molecule has 4 rings (SSSR count). The van der Waals surface area contributed by atoms with Crippen LogP contribution in [0.15, 0.2) is 82.3 Å². The van der Waals surface area contributed by atoms with Crippen LogP contribution in [0.2, 0.25) is 0 Å². The van der Waals surface area contributed by atoms with E-state index in [0.717, 1.165) is 0 Å². The molecule has 0 bridgehead atoms. The number of benzene rings is 2. The monoisotopic (exact) mass is 389 g/mol. The first-order valence-corrected chi connectivity index (χ1v) is 8.77. The third-order valence-corrected chi connectivity index (χ3v) is 4.15. The number of rotatable bonds is 4. The van der Waals surface area contributed by atoms with Crippen LogP contribution in [0.25, 0.3) is 11.0 Å². The maximum atomic E-state index is 13.6. The third-order valence-electron chi connectivity index (χ3n) is 4.15. The zero-order valence-corrected chi connectivity index (χ0v) is 15.4. The Kier molecular flexibility index (Phi) is 5.03. The van der Waals surface area contributed by atoms with Gasteiger partial charge in [0.2, 0.25) is 5.55 Å². The van der Waals surface area contributed by atoms with Crippen molar-refractivity contribution in [1.82, 2.24) is 4.98 Å². The average molecular weight is 389 g/mol. The number of hydrogen-bond donors (Lipinski definition) is 1. The minimum atomic E-state index is -0.452. The minimum Gasteiger partial charge on any atom is -0.493 e. The van der Waals surface area contributed by atoms with Crippen molar-refractivity contribution in [3.05, 3.63) is 89.9 Å². The van der Waals surface area contributed by atoms with Crippen LogP contribution in [0.4, 0.5) is 15.9 Å².